The number of thiophene rings is 1. The molecule has 0 aromatic carbocycles. The molecule has 5 heteroatoms. The topological polar surface area (TPSA) is 63.4 Å². The lowest BCUT2D eigenvalue weighted by Crippen LogP contribution is -1.83. The summed E-state index contributed by atoms with van der Waals surface area (Å²) in [7, 11) is 0. The maximum absolute atomic E-state index is 9.94. The van der Waals surface area contributed by atoms with E-state index >= 15 is 0 Å². The maximum atomic E-state index is 9.94. The summed E-state index contributed by atoms with van der Waals surface area (Å²) in [6, 6.07) is 1.26. The fourth-order valence-corrected chi connectivity index (χ4v) is 1.02. The first-order valence-electron chi connectivity index (χ1n) is 2.12. The SMILES string of the molecule is O=[N+]([O-])c1ccsc1O. The minimum absolute atomic E-state index is 0.222. The standard InChI is InChI=1S/C4H3NO3S/c6-4-3(5(7)8)1-2-9-4/h1-2,6H. The number of nitro groups is 1. The molecule has 0 aliphatic heterocycles. The zero-order chi connectivity index (χ0) is 6.85. The van der Waals surface area contributed by atoms with E-state index in [2.05, 4.69) is 0 Å². The second-order valence-corrected chi connectivity index (χ2v) is 2.26. The Morgan fingerprint density at radius 1 is 1.78 bits per heavy atom. The van der Waals surface area contributed by atoms with Crippen LogP contribution in [0.15, 0.2) is 11.4 Å². The van der Waals surface area contributed by atoms with Gasteiger partial charge in [0.1, 0.15) is 0 Å². The quantitative estimate of drug-likeness (QED) is 0.479. The summed E-state index contributed by atoms with van der Waals surface area (Å²) in [6.07, 6.45) is 0. The van der Waals surface area contributed by atoms with E-state index in [0.29, 0.717) is 0 Å². The Labute approximate surface area is 54.5 Å². The van der Waals surface area contributed by atoms with Gasteiger partial charge >= 0.3 is 5.69 Å². The highest BCUT2D eigenvalue weighted by Crippen LogP contribution is 2.30. The van der Waals surface area contributed by atoms with Crippen LogP contribution < -0.4 is 0 Å². The Balaban J connectivity index is 3.08. The fourth-order valence-electron chi connectivity index (χ4n) is 0.434. The van der Waals surface area contributed by atoms with Crippen molar-refractivity contribution in [2.75, 3.05) is 0 Å². The first kappa shape index (κ1) is 6.03. The van der Waals surface area contributed by atoms with Crippen LogP contribution in [0.1, 0.15) is 0 Å². The summed E-state index contributed by atoms with van der Waals surface area (Å²) in [6.45, 7) is 0. The molecule has 9 heavy (non-hydrogen) atoms. The third-order valence-electron chi connectivity index (χ3n) is 0.821. The van der Waals surface area contributed by atoms with E-state index < -0.39 is 4.92 Å². The van der Waals surface area contributed by atoms with Crippen molar-refractivity contribution >= 4 is 17.0 Å². The molecular weight excluding hydrogens is 142 g/mol. The second kappa shape index (κ2) is 2.02. The lowest BCUT2D eigenvalue weighted by Gasteiger charge is -1.82. The summed E-state index contributed by atoms with van der Waals surface area (Å²) in [5.41, 5.74) is -0.222. The highest BCUT2D eigenvalue weighted by Gasteiger charge is 2.12. The fraction of sp³-hybridized carbons (Fsp3) is 0. The van der Waals surface area contributed by atoms with Crippen molar-refractivity contribution < 1.29 is 10.0 Å². The van der Waals surface area contributed by atoms with Crippen molar-refractivity contribution in [3.8, 4) is 5.06 Å². The summed E-state index contributed by atoms with van der Waals surface area (Å²) < 4.78 is 0. The van der Waals surface area contributed by atoms with Gasteiger partial charge in [-0.1, -0.05) is 0 Å². The van der Waals surface area contributed by atoms with E-state index in [0.717, 1.165) is 11.3 Å². The summed E-state index contributed by atoms with van der Waals surface area (Å²) in [4.78, 5) is 9.32. The third kappa shape index (κ3) is 0.996. The molecule has 0 saturated carbocycles. The van der Waals surface area contributed by atoms with Gasteiger partial charge in [0.25, 0.3) is 5.06 Å². The van der Waals surface area contributed by atoms with Crippen LogP contribution >= 0.6 is 11.3 Å². The van der Waals surface area contributed by atoms with Gasteiger partial charge in [0.05, 0.1) is 4.92 Å². The number of hydrogen-bond donors (Lipinski definition) is 1. The second-order valence-electron chi connectivity index (χ2n) is 1.37. The molecule has 0 amide bonds. The Morgan fingerprint density at radius 2 is 2.44 bits per heavy atom. The van der Waals surface area contributed by atoms with Crippen LogP contribution in [0, 0.1) is 10.1 Å². The Kier molecular flexibility index (Phi) is 1.35. The average molecular weight is 145 g/mol. The van der Waals surface area contributed by atoms with Crippen LogP contribution in [0.3, 0.4) is 0 Å². The van der Waals surface area contributed by atoms with Crippen LogP contribution in [0.25, 0.3) is 0 Å². The van der Waals surface area contributed by atoms with Gasteiger partial charge in [0.2, 0.25) is 0 Å². The third-order valence-corrected chi connectivity index (χ3v) is 1.53. The Bertz CT molecular complexity index is 231. The molecule has 1 heterocycles. The van der Waals surface area contributed by atoms with Crippen molar-refractivity contribution in [1.82, 2.24) is 0 Å². The molecule has 0 aliphatic rings. The average Bonchev–Trinajstić information content (AvgIpc) is 2.13. The molecule has 0 unspecified atom stereocenters. The molecule has 1 rings (SSSR count). The molecule has 1 aromatic rings. The highest BCUT2D eigenvalue weighted by molar-refractivity contribution is 7.12. The first-order valence-corrected chi connectivity index (χ1v) is 3.00. The van der Waals surface area contributed by atoms with Gasteiger partial charge in [-0.15, -0.1) is 11.3 Å². The molecule has 4 nitrogen and oxygen atoms in total. The largest absolute Gasteiger partial charge is 0.495 e. The lowest BCUT2D eigenvalue weighted by atomic mass is 10.5. The minimum atomic E-state index is -0.619. The maximum Gasteiger partial charge on any atom is 0.322 e. The Hall–Kier alpha value is -1.10. The molecule has 1 N–H and O–H groups in total. The summed E-state index contributed by atoms with van der Waals surface area (Å²) in [5, 5.41) is 19.9. The van der Waals surface area contributed by atoms with E-state index in [9.17, 15) is 10.1 Å². The molecule has 0 radical (unpaired) electrons. The molecule has 0 atom stereocenters. The molecule has 0 fully saturated rings. The van der Waals surface area contributed by atoms with Gasteiger partial charge < -0.3 is 5.11 Å². The van der Waals surface area contributed by atoms with E-state index in [1.807, 2.05) is 0 Å². The monoisotopic (exact) mass is 145 g/mol. The van der Waals surface area contributed by atoms with Gasteiger partial charge in [-0.2, -0.15) is 0 Å². The van der Waals surface area contributed by atoms with Crippen LogP contribution in [0.5, 0.6) is 5.06 Å². The molecular formula is C4H3NO3S. The van der Waals surface area contributed by atoms with Crippen LogP contribution in [0.4, 0.5) is 5.69 Å². The summed E-state index contributed by atoms with van der Waals surface area (Å²) >= 11 is 0.947. The number of hydrogen-bond acceptors (Lipinski definition) is 4. The number of nitrogens with zero attached hydrogens (tertiary/aromatic N) is 1. The van der Waals surface area contributed by atoms with Crippen LogP contribution in [0.2, 0.25) is 0 Å². The predicted molar refractivity (Wildman–Crippen MR) is 32.6 cm³/mol. The Morgan fingerprint density at radius 3 is 2.67 bits per heavy atom. The molecule has 0 spiro atoms. The van der Waals surface area contributed by atoms with Gasteiger partial charge in [0.15, 0.2) is 0 Å². The predicted octanol–water partition coefficient (Wildman–Crippen LogP) is 1.36. The highest BCUT2D eigenvalue weighted by atomic mass is 32.1. The molecule has 1 aromatic heterocycles. The molecule has 48 valence electrons. The van der Waals surface area contributed by atoms with Gasteiger partial charge in [-0.05, 0) is 0 Å². The molecule has 0 saturated heterocycles. The zero-order valence-electron chi connectivity index (χ0n) is 4.27. The van der Waals surface area contributed by atoms with Crippen molar-refractivity contribution in [3.63, 3.8) is 0 Å². The van der Waals surface area contributed by atoms with Crippen molar-refractivity contribution in [3.05, 3.63) is 21.6 Å². The molecule has 0 bridgehead atoms. The van der Waals surface area contributed by atoms with E-state index in [1.165, 1.54) is 11.4 Å². The van der Waals surface area contributed by atoms with E-state index in [1.54, 1.807) is 0 Å². The first-order chi connectivity index (χ1) is 4.22. The lowest BCUT2D eigenvalue weighted by molar-refractivity contribution is -0.385. The minimum Gasteiger partial charge on any atom is -0.495 e. The normalized spacial score (nSPS) is 9.33. The van der Waals surface area contributed by atoms with E-state index in [4.69, 9.17) is 5.11 Å². The van der Waals surface area contributed by atoms with Crippen LogP contribution in [-0.2, 0) is 0 Å². The van der Waals surface area contributed by atoms with Gasteiger partial charge in [0, 0.05) is 11.4 Å². The van der Waals surface area contributed by atoms with Gasteiger partial charge in [-0.25, -0.2) is 0 Å². The van der Waals surface area contributed by atoms with Crippen molar-refractivity contribution in [2.24, 2.45) is 0 Å². The zero-order valence-corrected chi connectivity index (χ0v) is 5.09. The molecule has 0 aliphatic carbocycles. The van der Waals surface area contributed by atoms with E-state index in [-0.39, 0.29) is 10.8 Å². The van der Waals surface area contributed by atoms with Gasteiger partial charge in [-0.3, -0.25) is 10.1 Å². The number of aromatic hydroxyl groups is 1. The smallest absolute Gasteiger partial charge is 0.322 e. The van der Waals surface area contributed by atoms with Crippen molar-refractivity contribution in [2.45, 2.75) is 0 Å². The van der Waals surface area contributed by atoms with Crippen LogP contribution in [-0.4, -0.2) is 10.0 Å². The number of rotatable bonds is 1. The van der Waals surface area contributed by atoms with Crippen molar-refractivity contribution in [1.29, 1.82) is 0 Å². The summed E-state index contributed by atoms with van der Waals surface area (Å²) in [5.74, 6) is 0.